The van der Waals surface area contributed by atoms with E-state index in [4.69, 9.17) is 0 Å². The fourth-order valence-electron chi connectivity index (χ4n) is 8.25. The SMILES string of the molecule is C1=CCC=c2c3c(n(-n4c5ccccc5c5ccccc54)c2=C1)CC=C(c1ccccc1)c1c-3ccc2c3c(ccc12)C=CC=CC3. The third-order valence-corrected chi connectivity index (χ3v) is 10.2. The third-order valence-electron chi connectivity index (χ3n) is 10.2. The maximum Gasteiger partial charge on any atom is 0.0716 e. The molecule has 2 aromatic heterocycles. The molecule has 7 aromatic rings. The Morgan fingerprint density at radius 2 is 1.30 bits per heavy atom. The standard InChI is InChI=1S/C45H32N2/c1-4-14-30(15-5-1)33-28-29-43-45(39-27-26-34-32-17-7-2-6-16-31(32)24-25-37(34)44(33)39)38-20-8-3-9-21-42(38)47(43)46-40-22-12-10-18-35(40)36-19-11-13-23-41(36)46/h1-7,9-16,18-28H,8,17,29H2. The lowest BCUT2D eigenvalue weighted by molar-refractivity contribution is 0.664. The summed E-state index contributed by atoms with van der Waals surface area (Å²) < 4.78 is 4.99. The first-order valence-electron chi connectivity index (χ1n) is 16.6. The van der Waals surface area contributed by atoms with Gasteiger partial charge in [-0.3, -0.25) is 4.68 Å². The Morgan fingerprint density at radius 1 is 0.532 bits per heavy atom. The molecule has 0 fully saturated rings. The van der Waals surface area contributed by atoms with E-state index in [1.807, 2.05) is 0 Å². The second-order valence-electron chi connectivity index (χ2n) is 12.7. The van der Waals surface area contributed by atoms with Crippen molar-refractivity contribution in [3.8, 4) is 11.1 Å². The highest BCUT2D eigenvalue weighted by atomic mass is 15.5. The molecule has 0 amide bonds. The van der Waals surface area contributed by atoms with Gasteiger partial charge in [-0.25, -0.2) is 4.68 Å². The molecule has 47 heavy (non-hydrogen) atoms. The van der Waals surface area contributed by atoms with Crippen LogP contribution in [0.15, 0.2) is 140 Å². The molecule has 3 aliphatic rings. The van der Waals surface area contributed by atoms with Crippen molar-refractivity contribution >= 4 is 56.4 Å². The van der Waals surface area contributed by atoms with Crippen LogP contribution in [0.3, 0.4) is 0 Å². The smallest absolute Gasteiger partial charge is 0.0716 e. The topological polar surface area (TPSA) is 9.86 Å². The molecule has 2 heteroatoms. The predicted octanol–water partition coefficient (Wildman–Crippen LogP) is 9.36. The summed E-state index contributed by atoms with van der Waals surface area (Å²) in [6.45, 7) is 0. The molecule has 10 rings (SSSR count). The number of benzene rings is 5. The first-order valence-corrected chi connectivity index (χ1v) is 16.6. The van der Waals surface area contributed by atoms with Gasteiger partial charge in [0, 0.05) is 28.0 Å². The van der Waals surface area contributed by atoms with Gasteiger partial charge in [-0.2, -0.15) is 0 Å². The number of nitrogens with zero attached hydrogens (tertiary/aromatic N) is 2. The van der Waals surface area contributed by atoms with E-state index in [-0.39, 0.29) is 0 Å². The Bertz CT molecular complexity index is 2630. The van der Waals surface area contributed by atoms with Gasteiger partial charge in [-0.1, -0.05) is 140 Å². The van der Waals surface area contributed by atoms with Gasteiger partial charge in [0.1, 0.15) is 0 Å². The van der Waals surface area contributed by atoms with Crippen LogP contribution in [-0.4, -0.2) is 9.35 Å². The molecule has 5 aromatic carbocycles. The molecule has 0 saturated carbocycles. The first kappa shape index (κ1) is 26.4. The van der Waals surface area contributed by atoms with E-state index < -0.39 is 0 Å². The Hall–Kier alpha value is -5.86. The number of aromatic nitrogens is 2. The normalized spacial score (nSPS) is 14.8. The maximum absolute atomic E-state index is 2.52. The molecule has 0 N–H and O–H groups in total. The van der Waals surface area contributed by atoms with Gasteiger partial charge in [-0.15, -0.1) is 0 Å². The van der Waals surface area contributed by atoms with Crippen LogP contribution in [0.25, 0.3) is 67.5 Å². The average Bonchev–Trinajstić information content (AvgIpc) is 3.30. The number of allylic oxidation sites excluding steroid dienone is 6. The number of para-hydroxylation sites is 2. The van der Waals surface area contributed by atoms with Crippen LogP contribution in [-0.2, 0) is 12.8 Å². The average molecular weight is 601 g/mol. The fraction of sp³-hybridized carbons (Fsp3) is 0.0667. The van der Waals surface area contributed by atoms with Crippen LogP contribution < -0.4 is 10.6 Å². The molecule has 2 heterocycles. The van der Waals surface area contributed by atoms with Crippen LogP contribution in [0.4, 0.5) is 0 Å². The minimum absolute atomic E-state index is 0.811. The van der Waals surface area contributed by atoms with E-state index in [9.17, 15) is 0 Å². The van der Waals surface area contributed by atoms with Crippen molar-refractivity contribution in [3.05, 3.63) is 178 Å². The first-order chi connectivity index (χ1) is 23.4. The largest absolute Gasteiger partial charge is 0.252 e. The summed E-state index contributed by atoms with van der Waals surface area (Å²) in [4.78, 5) is 0. The van der Waals surface area contributed by atoms with Crippen LogP contribution >= 0.6 is 0 Å². The van der Waals surface area contributed by atoms with Gasteiger partial charge >= 0.3 is 0 Å². The molecule has 0 unspecified atom stereocenters. The predicted molar refractivity (Wildman–Crippen MR) is 199 cm³/mol. The summed E-state index contributed by atoms with van der Waals surface area (Å²) in [6, 6.07) is 38.2. The summed E-state index contributed by atoms with van der Waals surface area (Å²) in [5, 5.41) is 7.76. The lowest BCUT2D eigenvalue weighted by atomic mass is 9.85. The van der Waals surface area contributed by atoms with Crippen molar-refractivity contribution in [3.63, 3.8) is 0 Å². The van der Waals surface area contributed by atoms with E-state index in [1.165, 1.54) is 87.8 Å². The maximum atomic E-state index is 2.52. The van der Waals surface area contributed by atoms with Crippen molar-refractivity contribution in [1.29, 1.82) is 0 Å². The molecule has 0 saturated heterocycles. The van der Waals surface area contributed by atoms with E-state index in [0.717, 1.165) is 19.3 Å². The van der Waals surface area contributed by atoms with Crippen molar-refractivity contribution in [2.75, 3.05) is 0 Å². The number of fused-ring (bicyclic) bond motifs is 12. The Kier molecular flexibility index (Phi) is 5.80. The Balaban J connectivity index is 1.38. The molecule has 0 radical (unpaired) electrons. The highest BCUT2D eigenvalue weighted by Gasteiger charge is 2.27. The van der Waals surface area contributed by atoms with Gasteiger partial charge in [0.2, 0.25) is 0 Å². The lowest BCUT2D eigenvalue weighted by Gasteiger charge is -2.18. The Morgan fingerprint density at radius 3 is 2.13 bits per heavy atom. The van der Waals surface area contributed by atoms with E-state index in [2.05, 4.69) is 167 Å². The summed E-state index contributed by atoms with van der Waals surface area (Å²) in [7, 11) is 0. The number of rotatable bonds is 2. The Labute approximate surface area is 273 Å². The van der Waals surface area contributed by atoms with E-state index in [0.29, 0.717) is 0 Å². The molecule has 0 spiro atoms. The quantitative estimate of drug-likeness (QED) is 0.187. The summed E-state index contributed by atoms with van der Waals surface area (Å²) in [5.41, 5.74) is 13.0. The van der Waals surface area contributed by atoms with Crippen LogP contribution in [0.1, 0.15) is 34.4 Å². The van der Waals surface area contributed by atoms with Crippen LogP contribution in [0, 0.1) is 0 Å². The molecular formula is C45H32N2. The second-order valence-corrected chi connectivity index (χ2v) is 12.7. The zero-order valence-electron chi connectivity index (χ0n) is 26.0. The van der Waals surface area contributed by atoms with Gasteiger partial charge in [0.15, 0.2) is 0 Å². The third kappa shape index (κ3) is 3.85. The highest BCUT2D eigenvalue weighted by molar-refractivity contribution is 6.09. The monoisotopic (exact) mass is 600 g/mol. The summed E-state index contributed by atoms with van der Waals surface area (Å²) >= 11 is 0. The fourth-order valence-corrected chi connectivity index (χ4v) is 8.25. The molecule has 0 bridgehead atoms. The summed E-state index contributed by atoms with van der Waals surface area (Å²) in [6.07, 6.45) is 23.3. The number of hydrogen-bond donors (Lipinski definition) is 0. The summed E-state index contributed by atoms with van der Waals surface area (Å²) in [5.74, 6) is 0. The van der Waals surface area contributed by atoms with Gasteiger partial charge < -0.3 is 0 Å². The minimum atomic E-state index is 0.811. The minimum Gasteiger partial charge on any atom is -0.252 e. The number of hydrogen-bond acceptors (Lipinski definition) is 0. The van der Waals surface area contributed by atoms with Gasteiger partial charge in [-0.05, 0) is 75.2 Å². The molecule has 222 valence electrons. The highest BCUT2D eigenvalue weighted by Crippen LogP contribution is 2.43. The van der Waals surface area contributed by atoms with Crippen molar-refractivity contribution in [1.82, 2.24) is 9.35 Å². The molecule has 0 aliphatic heterocycles. The molecule has 3 aliphatic carbocycles. The van der Waals surface area contributed by atoms with Gasteiger partial charge in [0.05, 0.1) is 22.1 Å². The van der Waals surface area contributed by atoms with Crippen molar-refractivity contribution < 1.29 is 0 Å². The van der Waals surface area contributed by atoms with Gasteiger partial charge in [0.25, 0.3) is 0 Å². The van der Waals surface area contributed by atoms with E-state index in [1.54, 1.807) is 0 Å². The molecule has 2 nitrogen and oxygen atoms in total. The zero-order chi connectivity index (χ0) is 30.9. The van der Waals surface area contributed by atoms with Crippen LogP contribution in [0.2, 0.25) is 0 Å². The van der Waals surface area contributed by atoms with Crippen molar-refractivity contribution in [2.45, 2.75) is 19.3 Å². The lowest BCUT2D eigenvalue weighted by Crippen LogP contribution is -2.33. The zero-order valence-corrected chi connectivity index (χ0v) is 26.0. The second kappa shape index (κ2) is 10.3. The van der Waals surface area contributed by atoms with E-state index >= 15 is 0 Å². The van der Waals surface area contributed by atoms with Crippen LogP contribution in [0.5, 0.6) is 0 Å². The molecular weight excluding hydrogens is 569 g/mol. The molecule has 0 atom stereocenters. The van der Waals surface area contributed by atoms with Crippen molar-refractivity contribution in [2.24, 2.45) is 0 Å².